The maximum Gasteiger partial charge on any atom is 0.325 e. The third kappa shape index (κ3) is 4.48. The Hall–Kier alpha value is -3.68. The van der Waals surface area contributed by atoms with Gasteiger partial charge in [-0.25, -0.2) is 9.18 Å². The van der Waals surface area contributed by atoms with E-state index in [-0.39, 0.29) is 0 Å². The van der Waals surface area contributed by atoms with E-state index in [4.69, 9.17) is 4.74 Å². The number of ether oxygens (including phenoxy) is 1. The molecule has 1 fully saturated rings. The molecule has 0 bridgehead atoms. The van der Waals surface area contributed by atoms with Crippen molar-refractivity contribution in [1.82, 2.24) is 10.2 Å². The fourth-order valence-corrected chi connectivity index (χ4v) is 3.00. The molecule has 8 heteroatoms. The SMILES string of the molecule is C=C(C)COc1ccc(C2(C)NC(=O)N(CC(=O)Nc3ccc(F)cc3)C2=O)cc1. The molecule has 2 N–H and O–H groups in total. The van der Waals surface area contributed by atoms with Gasteiger partial charge in [-0.2, -0.15) is 0 Å². The van der Waals surface area contributed by atoms with E-state index in [1.807, 2.05) is 6.92 Å². The molecule has 1 unspecified atom stereocenters. The second-order valence-electron chi connectivity index (χ2n) is 7.27. The minimum absolute atomic E-state index is 0.363. The van der Waals surface area contributed by atoms with E-state index in [0.717, 1.165) is 10.5 Å². The molecule has 0 spiro atoms. The molecule has 0 aliphatic carbocycles. The van der Waals surface area contributed by atoms with Crippen LogP contribution in [-0.2, 0) is 15.1 Å². The topological polar surface area (TPSA) is 87.7 Å². The van der Waals surface area contributed by atoms with Crippen LogP contribution in [-0.4, -0.2) is 35.9 Å². The number of rotatable bonds is 7. The number of hydrogen-bond acceptors (Lipinski definition) is 4. The number of imide groups is 1. The molecule has 30 heavy (non-hydrogen) atoms. The molecule has 3 rings (SSSR count). The number of carbonyl (C=O) groups excluding carboxylic acids is 3. The Kier molecular flexibility index (Phi) is 5.86. The van der Waals surface area contributed by atoms with Crippen LogP contribution in [0.4, 0.5) is 14.9 Å². The van der Waals surface area contributed by atoms with Crippen molar-refractivity contribution in [2.45, 2.75) is 19.4 Å². The van der Waals surface area contributed by atoms with Crippen molar-refractivity contribution in [2.75, 3.05) is 18.5 Å². The smallest absolute Gasteiger partial charge is 0.325 e. The Balaban J connectivity index is 1.69. The quantitative estimate of drug-likeness (QED) is 0.541. The van der Waals surface area contributed by atoms with Gasteiger partial charge in [0, 0.05) is 5.69 Å². The standard InChI is InChI=1S/C22H22FN3O4/c1-14(2)13-30-18-10-4-15(5-11-18)22(3)20(28)26(21(29)25-22)12-19(27)24-17-8-6-16(23)7-9-17/h4-11H,1,12-13H2,2-3H3,(H,24,27)(H,25,29). The van der Waals surface area contributed by atoms with Gasteiger partial charge in [0.1, 0.15) is 30.3 Å². The first kappa shape index (κ1) is 21.0. The van der Waals surface area contributed by atoms with Crippen LogP contribution in [0.5, 0.6) is 5.75 Å². The lowest BCUT2D eigenvalue weighted by atomic mass is 9.92. The lowest BCUT2D eigenvalue weighted by Gasteiger charge is -2.22. The van der Waals surface area contributed by atoms with Gasteiger partial charge >= 0.3 is 6.03 Å². The fourth-order valence-electron chi connectivity index (χ4n) is 3.00. The normalized spacial score (nSPS) is 18.2. The zero-order valence-electron chi connectivity index (χ0n) is 16.7. The van der Waals surface area contributed by atoms with Crippen LogP contribution in [0.25, 0.3) is 0 Å². The summed E-state index contributed by atoms with van der Waals surface area (Å²) in [4.78, 5) is 38.4. The molecule has 2 aromatic carbocycles. The van der Waals surface area contributed by atoms with E-state index in [1.54, 1.807) is 31.2 Å². The third-order valence-electron chi connectivity index (χ3n) is 4.62. The van der Waals surface area contributed by atoms with E-state index in [1.165, 1.54) is 24.3 Å². The zero-order chi connectivity index (χ0) is 21.9. The van der Waals surface area contributed by atoms with Crippen molar-refractivity contribution >= 4 is 23.5 Å². The summed E-state index contributed by atoms with van der Waals surface area (Å²) in [6.45, 7) is 7.12. The predicted molar refractivity (Wildman–Crippen MR) is 109 cm³/mol. The molecule has 1 heterocycles. The Morgan fingerprint density at radius 2 is 1.80 bits per heavy atom. The van der Waals surface area contributed by atoms with Gasteiger partial charge in [0.25, 0.3) is 5.91 Å². The summed E-state index contributed by atoms with van der Waals surface area (Å²) in [6, 6.07) is 11.3. The third-order valence-corrected chi connectivity index (χ3v) is 4.62. The maximum atomic E-state index is 13.0. The summed E-state index contributed by atoms with van der Waals surface area (Å²) >= 11 is 0. The minimum atomic E-state index is -1.31. The average Bonchev–Trinajstić information content (AvgIpc) is 2.92. The summed E-state index contributed by atoms with van der Waals surface area (Å²) in [5, 5.41) is 5.18. The monoisotopic (exact) mass is 411 g/mol. The molecule has 0 aromatic heterocycles. The molecule has 2 aromatic rings. The van der Waals surface area contributed by atoms with Crippen LogP contribution in [0.15, 0.2) is 60.7 Å². The molecule has 1 aliphatic rings. The lowest BCUT2D eigenvalue weighted by Crippen LogP contribution is -2.42. The van der Waals surface area contributed by atoms with Crippen LogP contribution < -0.4 is 15.4 Å². The van der Waals surface area contributed by atoms with E-state index in [9.17, 15) is 18.8 Å². The molecule has 156 valence electrons. The van der Waals surface area contributed by atoms with Gasteiger partial charge in [0.2, 0.25) is 5.91 Å². The number of carbonyl (C=O) groups is 3. The zero-order valence-corrected chi connectivity index (χ0v) is 16.7. The van der Waals surface area contributed by atoms with Gasteiger partial charge in [-0.1, -0.05) is 18.7 Å². The number of nitrogens with zero attached hydrogens (tertiary/aromatic N) is 1. The number of nitrogens with one attached hydrogen (secondary N) is 2. The van der Waals surface area contributed by atoms with Crippen molar-refractivity contribution < 1.29 is 23.5 Å². The first-order valence-electron chi connectivity index (χ1n) is 9.26. The van der Waals surface area contributed by atoms with Crippen LogP contribution in [0.3, 0.4) is 0 Å². The highest BCUT2D eigenvalue weighted by atomic mass is 19.1. The number of urea groups is 1. The number of anilines is 1. The molecule has 1 atom stereocenters. The van der Waals surface area contributed by atoms with Crippen molar-refractivity contribution in [3.8, 4) is 5.75 Å². The number of benzene rings is 2. The lowest BCUT2D eigenvalue weighted by molar-refractivity contribution is -0.133. The molecule has 1 aliphatic heterocycles. The number of hydrogen-bond donors (Lipinski definition) is 2. The number of amides is 4. The average molecular weight is 411 g/mol. The van der Waals surface area contributed by atoms with Crippen molar-refractivity contribution in [3.05, 3.63) is 72.1 Å². The molecular weight excluding hydrogens is 389 g/mol. The van der Waals surface area contributed by atoms with Gasteiger partial charge in [-0.3, -0.25) is 14.5 Å². The van der Waals surface area contributed by atoms with Gasteiger partial charge in [-0.15, -0.1) is 0 Å². The highest BCUT2D eigenvalue weighted by Gasteiger charge is 2.49. The number of halogens is 1. The summed E-state index contributed by atoms with van der Waals surface area (Å²) < 4.78 is 18.5. The van der Waals surface area contributed by atoms with E-state index in [0.29, 0.717) is 23.6 Å². The molecule has 4 amide bonds. The maximum absolute atomic E-state index is 13.0. The fraction of sp³-hybridized carbons (Fsp3) is 0.227. The van der Waals surface area contributed by atoms with Crippen molar-refractivity contribution in [3.63, 3.8) is 0 Å². The largest absolute Gasteiger partial charge is 0.489 e. The van der Waals surface area contributed by atoms with Gasteiger partial charge in [-0.05, 0) is 61.4 Å². The van der Waals surface area contributed by atoms with E-state index in [2.05, 4.69) is 17.2 Å². The summed E-state index contributed by atoms with van der Waals surface area (Å²) in [6.07, 6.45) is 0. The highest BCUT2D eigenvalue weighted by molar-refractivity contribution is 6.10. The van der Waals surface area contributed by atoms with Crippen LogP contribution >= 0.6 is 0 Å². The Morgan fingerprint density at radius 1 is 1.17 bits per heavy atom. The van der Waals surface area contributed by atoms with E-state index >= 15 is 0 Å². The predicted octanol–water partition coefficient (Wildman–Crippen LogP) is 3.19. The van der Waals surface area contributed by atoms with Crippen molar-refractivity contribution in [1.29, 1.82) is 0 Å². The van der Waals surface area contributed by atoms with E-state index < -0.39 is 35.7 Å². The minimum Gasteiger partial charge on any atom is -0.489 e. The highest BCUT2D eigenvalue weighted by Crippen LogP contribution is 2.30. The van der Waals surface area contributed by atoms with Gasteiger partial charge < -0.3 is 15.4 Å². The van der Waals surface area contributed by atoms with Crippen molar-refractivity contribution in [2.24, 2.45) is 0 Å². The second kappa shape index (κ2) is 8.36. The summed E-state index contributed by atoms with van der Waals surface area (Å²) in [5.74, 6) is -0.943. The van der Waals surface area contributed by atoms with Gasteiger partial charge in [0.15, 0.2) is 0 Å². The first-order valence-corrected chi connectivity index (χ1v) is 9.26. The Bertz CT molecular complexity index is 988. The Labute approximate surface area is 173 Å². The molecular formula is C22H22FN3O4. The van der Waals surface area contributed by atoms with Crippen LogP contribution in [0.2, 0.25) is 0 Å². The second-order valence-corrected chi connectivity index (χ2v) is 7.27. The molecule has 1 saturated heterocycles. The van der Waals surface area contributed by atoms with Crippen LogP contribution in [0.1, 0.15) is 19.4 Å². The summed E-state index contributed by atoms with van der Waals surface area (Å²) in [5.41, 5.74) is 0.491. The van der Waals surface area contributed by atoms with Gasteiger partial charge in [0.05, 0.1) is 0 Å². The molecule has 0 radical (unpaired) electrons. The molecule has 7 nitrogen and oxygen atoms in total. The van der Waals surface area contributed by atoms with Crippen LogP contribution in [0, 0.1) is 5.82 Å². The Morgan fingerprint density at radius 3 is 2.40 bits per heavy atom. The molecule has 0 saturated carbocycles. The first-order chi connectivity index (χ1) is 14.2. The summed E-state index contributed by atoms with van der Waals surface area (Å²) in [7, 11) is 0.